The molecule has 2 aliphatic rings. The number of hydrogen-bond acceptors (Lipinski definition) is 6. The van der Waals surface area contributed by atoms with Crippen LogP contribution in [0.1, 0.15) is 25.7 Å². The van der Waals surface area contributed by atoms with Gasteiger partial charge >= 0.3 is 0 Å². The van der Waals surface area contributed by atoms with Crippen molar-refractivity contribution in [2.24, 2.45) is 11.8 Å². The number of nitriles is 1. The molecule has 1 saturated carbocycles. The maximum absolute atomic E-state index is 12.9. The Bertz CT molecular complexity index is 839. The summed E-state index contributed by atoms with van der Waals surface area (Å²) >= 11 is 1.40. The van der Waals surface area contributed by atoms with E-state index in [9.17, 15) is 19.6 Å². The Balaban J connectivity index is 1.57. The Morgan fingerprint density at radius 3 is 2.61 bits per heavy atom. The van der Waals surface area contributed by atoms with Crippen molar-refractivity contribution in [3.05, 3.63) is 30.3 Å². The molecular formula is C22H29N5O3S. The fourth-order valence-corrected chi connectivity index (χ4v) is 4.34. The van der Waals surface area contributed by atoms with Crippen LogP contribution in [0.3, 0.4) is 0 Å². The van der Waals surface area contributed by atoms with Crippen LogP contribution in [0.2, 0.25) is 0 Å². The number of anilines is 1. The quantitative estimate of drug-likeness (QED) is 0.565. The van der Waals surface area contributed by atoms with E-state index in [1.54, 1.807) is 19.2 Å². The molecule has 3 atom stereocenters. The van der Waals surface area contributed by atoms with Crippen molar-refractivity contribution in [1.29, 1.82) is 5.26 Å². The average Bonchev–Trinajstić information content (AvgIpc) is 3.47. The van der Waals surface area contributed by atoms with Gasteiger partial charge in [0.2, 0.25) is 17.7 Å². The summed E-state index contributed by atoms with van der Waals surface area (Å²) in [5.74, 6) is -0.536. The zero-order valence-corrected chi connectivity index (χ0v) is 18.7. The molecule has 0 aromatic heterocycles. The zero-order valence-electron chi connectivity index (χ0n) is 17.9. The second kappa shape index (κ2) is 10.6. The van der Waals surface area contributed by atoms with E-state index in [0.29, 0.717) is 11.6 Å². The zero-order chi connectivity index (χ0) is 22.4. The Kier molecular flexibility index (Phi) is 7.93. The number of nitrogens with one attached hydrogen (secondary N) is 2. The molecule has 0 bridgehead atoms. The molecule has 1 aliphatic carbocycles. The minimum atomic E-state index is -0.672. The minimum Gasteiger partial charge on any atom is -0.335 e. The second-order valence-corrected chi connectivity index (χ2v) is 8.87. The van der Waals surface area contributed by atoms with Gasteiger partial charge in [-0.15, -0.1) is 0 Å². The lowest BCUT2D eigenvalue weighted by molar-refractivity contribution is -0.140. The van der Waals surface area contributed by atoms with Crippen LogP contribution in [0.15, 0.2) is 30.3 Å². The van der Waals surface area contributed by atoms with E-state index < -0.39 is 12.0 Å². The molecule has 3 amide bonds. The number of nitrogens with zero attached hydrogens (tertiary/aromatic N) is 3. The van der Waals surface area contributed by atoms with Crippen LogP contribution in [0.5, 0.6) is 0 Å². The van der Waals surface area contributed by atoms with Crippen molar-refractivity contribution in [3.63, 3.8) is 0 Å². The smallest absolute Gasteiger partial charge is 0.243 e. The molecule has 3 unspecified atom stereocenters. The monoisotopic (exact) mass is 443 g/mol. The fourth-order valence-electron chi connectivity index (χ4n) is 3.86. The normalized spacial score (nSPS) is 21.3. The first-order valence-electron chi connectivity index (χ1n) is 10.5. The predicted molar refractivity (Wildman–Crippen MR) is 120 cm³/mol. The molecule has 9 heteroatoms. The lowest BCUT2D eigenvalue weighted by atomic mass is 10.1. The van der Waals surface area contributed by atoms with Gasteiger partial charge in [-0.3, -0.25) is 19.1 Å². The third kappa shape index (κ3) is 6.21. The third-order valence-electron chi connectivity index (χ3n) is 5.76. The SMILES string of the molecule is CSNC(CC1CC1)C(=O)N(C)CC(=O)N1CC(C(=O)Nc2ccccc2)CC1C#N. The van der Waals surface area contributed by atoms with Crippen molar-refractivity contribution >= 4 is 35.4 Å². The molecule has 1 aromatic rings. The van der Waals surface area contributed by atoms with Gasteiger partial charge in [-0.1, -0.05) is 43.0 Å². The standard InChI is InChI=1S/C22H29N5O3S/c1-26(22(30)19(25-31-2)10-15-8-9-15)14-20(28)27-13-16(11-18(27)12-23)21(29)24-17-6-4-3-5-7-17/h3-7,15-16,18-19,25H,8-11,13-14H2,1-2H3,(H,24,29). The van der Waals surface area contributed by atoms with Crippen molar-refractivity contribution in [2.45, 2.75) is 37.8 Å². The number of para-hydroxylation sites is 1. The Hall–Kier alpha value is -2.57. The van der Waals surface area contributed by atoms with Crippen LogP contribution in [0, 0.1) is 23.2 Å². The molecule has 3 rings (SSSR count). The van der Waals surface area contributed by atoms with Crippen LogP contribution in [0.4, 0.5) is 5.69 Å². The van der Waals surface area contributed by atoms with Gasteiger partial charge in [0, 0.05) is 19.3 Å². The number of benzene rings is 1. The van der Waals surface area contributed by atoms with Crippen LogP contribution in [-0.2, 0) is 14.4 Å². The van der Waals surface area contributed by atoms with Gasteiger partial charge in [-0.2, -0.15) is 5.26 Å². The highest BCUT2D eigenvalue weighted by atomic mass is 32.2. The molecule has 8 nitrogen and oxygen atoms in total. The Labute approximate surface area is 187 Å². The lowest BCUT2D eigenvalue weighted by Crippen LogP contribution is -2.48. The van der Waals surface area contributed by atoms with Crippen LogP contribution in [0.25, 0.3) is 0 Å². The summed E-state index contributed by atoms with van der Waals surface area (Å²) in [6.45, 7) is 0.0631. The minimum absolute atomic E-state index is 0.110. The number of rotatable bonds is 9. The molecule has 2 fully saturated rings. The van der Waals surface area contributed by atoms with Gasteiger partial charge in [-0.25, -0.2) is 0 Å². The molecule has 2 N–H and O–H groups in total. The molecule has 166 valence electrons. The van der Waals surface area contributed by atoms with Crippen molar-refractivity contribution in [3.8, 4) is 6.07 Å². The van der Waals surface area contributed by atoms with Gasteiger partial charge in [0.1, 0.15) is 6.04 Å². The summed E-state index contributed by atoms with van der Waals surface area (Å²) in [7, 11) is 1.61. The third-order valence-corrected chi connectivity index (χ3v) is 6.28. The fraction of sp³-hybridized carbons (Fsp3) is 0.545. The first-order valence-corrected chi connectivity index (χ1v) is 11.7. The van der Waals surface area contributed by atoms with E-state index in [4.69, 9.17) is 0 Å². The average molecular weight is 444 g/mol. The van der Waals surface area contributed by atoms with E-state index in [-0.39, 0.29) is 43.3 Å². The summed E-state index contributed by atoms with van der Waals surface area (Å²) in [5.41, 5.74) is 0.680. The Morgan fingerprint density at radius 1 is 1.29 bits per heavy atom. The molecule has 1 aromatic carbocycles. The van der Waals surface area contributed by atoms with Crippen LogP contribution in [-0.4, -0.2) is 66.0 Å². The lowest BCUT2D eigenvalue weighted by Gasteiger charge is -2.26. The second-order valence-electron chi connectivity index (χ2n) is 8.23. The number of likely N-dealkylation sites (N-methyl/N-ethyl adjacent to an activating group) is 1. The highest BCUT2D eigenvalue weighted by molar-refractivity contribution is 7.96. The number of likely N-dealkylation sites (tertiary alicyclic amines) is 1. The van der Waals surface area contributed by atoms with Gasteiger partial charge < -0.3 is 15.1 Å². The van der Waals surface area contributed by atoms with Gasteiger partial charge in [0.15, 0.2) is 0 Å². The number of carbonyl (C=O) groups excluding carboxylic acids is 3. The topological polar surface area (TPSA) is 106 Å². The highest BCUT2D eigenvalue weighted by Crippen LogP contribution is 2.34. The molecule has 1 heterocycles. The summed E-state index contributed by atoms with van der Waals surface area (Å²) in [5, 5.41) is 12.4. The molecule has 1 aliphatic heterocycles. The summed E-state index contributed by atoms with van der Waals surface area (Å²) in [4.78, 5) is 41.2. The van der Waals surface area contributed by atoms with E-state index >= 15 is 0 Å². The summed E-state index contributed by atoms with van der Waals surface area (Å²) in [6.07, 6.45) is 5.22. The molecule has 0 radical (unpaired) electrons. The Morgan fingerprint density at radius 2 is 2.00 bits per heavy atom. The number of hydrogen-bond donors (Lipinski definition) is 2. The first kappa shape index (κ1) is 23.1. The largest absolute Gasteiger partial charge is 0.335 e. The number of carbonyl (C=O) groups is 3. The maximum Gasteiger partial charge on any atom is 0.243 e. The van der Waals surface area contributed by atoms with Gasteiger partial charge in [0.25, 0.3) is 0 Å². The predicted octanol–water partition coefficient (Wildman–Crippen LogP) is 1.86. The maximum atomic E-state index is 12.9. The summed E-state index contributed by atoms with van der Waals surface area (Å²) in [6, 6.07) is 10.2. The van der Waals surface area contributed by atoms with E-state index in [1.165, 1.54) is 21.7 Å². The van der Waals surface area contributed by atoms with E-state index in [2.05, 4.69) is 16.1 Å². The van der Waals surface area contributed by atoms with Crippen molar-refractivity contribution < 1.29 is 14.4 Å². The van der Waals surface area contributed by atoms with Gasteiger partial charge in [0.05, 0.1) is 24.6 Å². The molecule has 31 heavy (non-hydrogen) atoms. The summed E-state index contributed by atoms with van der Waals surface area (Å²) < 4.78 is 3.14. The van der Waals surface area contributed by atoms with E-state index in [1.807, 2.05) is 24.5 Å². The van der Waals surface area contributed by atoms with Gasteiger partial charge in [-0.05, 0) is 37.1 Å². The highest BCUT2D eigenvalue weighted by Gasteiger charge is 2.39. The first-order chi connectivity index (χ1) is 14.9. The number of amides is 3. The molecular weight excluding hydrogens is 414 g/mol. The van der Waals surface area contributed by atoms with E-state index in [0.717, 1.165) is 19.3 Å². The van der Waals surface area contributed by atoms with Crippen LogP contribution >= 0.6 is 11.9 Å². The molecule has 0 spiro atoms. The van der Waals surface area contributed by atoms with Crippen molar-refractivity contribution in [1.82, 2.24) is 14.5 Å². The van der Waals surface area contributed by atoms with Crippen molar-refractivity contribution in [2.75, 3.05) is 31.7 Å². The van der Waals surface area contributed by atoms with Crippen LogP contribution < -0.4 is 10.0 Å². The molecule has 1 saturated heterocycles.